The molecule has 0 rings (SSSR count). The number of carbonyl (C=O) groups excluding carboxylic acids is 3. The molecule has 18 heavy (non-hydrogen) atoms. The van der Waals surface area contributed by atoms with Crippen LogP contribution in [0.3, 0.4) is 0 Å². The van der Waals surface area contributed by atoms with Crippen molar-refractivity contribution in [2.75, 3.05) is 0 Å². The lowest BCUT2D eigenvalue weighted by atomic mass is 10.0. The highest BCUT2D eigenvalue weighted by molar-refractivity contribution is 5.91. The largest absolute Gasteiger partial charge is 0.391 e. The van der Waals surface area contributed by atoms with Crippen LogP contribution in [0.15, 0.2) is 0 Å². The number of nitrogens with one attached hydrogen (secondary N) is 2. The minimum absolute atomic E-state index is 0.182. The van der Waals surface area contributed by atoms with Crippen LogP contribution >= 0.6 is 0 Å². The van der Waals surface area contributed by atoms with Crippen LogP contribution in [0.1, 0.15) is 27.7 Å². The standard InChI is InChI=1S/C11H21N3O4/c1-5(2)8(10(12)17)14-11(18)9(6(3)15)13-7(4)16/h5-6,8-9,15H,1-4H3,(H2,12,17)(H,13,16)(H,14,18). The van der Waals surface area contributed by atoms with E-state index in [1.54, 1.807) is 13.8 Å². The fourth-order valence-corrected chi connectivity index (χ4v) is 1.43. The van der Waals surface area contributed by atoms with E-state index in [9.17, 15) is 19.5 Å². The summed E-state index contributed by atoms with van der Waals surface area (Å²) in [7, 11) is 0. The summed E-state index contributed by atoms with van der Waals surface area (Å²) in [5.74, 6) is -1.93. The average Bonchev–Trinajstić information content (AvgIpc) is 2.20. The Morgan fingerprint density at radius 3 is 1.83 bits per heavy atom. The van der Waals surface area contributed by atoms with Gasteiger partial charge in [0.2, 0.25) is 17.7 Å². The Hall–Kier alpha value is -1.63. The molecule has 7 nitrogen and oxygen atoms in total. The van der Waals surface area contributed by atoms with Crippen molar-refractivity contribution in [2.45, 2.75) is 45.9 Å². The average molecular weight is 259 g/mol. The molecule has 104 valence electrons. The topological polar surface area (TPSA) is 122 Å². The van der Waals surface area contributed by atoms with Crippen LogP contribution in [0.25, 0.3) is 0 Å². The number of aliphatic hydroxyl groups excluding tert-OH is 1. The SMILES string of the molecule is CC(=O)NC(C(=O)NC(C(N)=O)C(C)C)C(C)O. The van der Waals surface area contributed by atoms with Gasteiger partial charge in [-0.3, -0.25) is 14.4 Å². The fourth-order valence-electron chi connectivity index (χ4n) is 1.43. The first-order valence-corrected chi connectivity index (χ1v) is 5.71. The number of rotatable bonds is 6. The molecule has 0 heterocycles. The summed E-state index contributed by atoms with van der Waals surface area (Å²) >= 11 is 0. The monoisotopic (exact) mass is 259 g/mol. The number of hydrogen-bond donors (Lipinski definition) is 4. The molecule has 7 heteroatoms. The summed E-state index contributed by atoms with van der Waals surface area (Å²) in [4.78, 5) is 33.9. The number of amides is 3. The number of primary amides is 1. The lowest BCUT2D eigenvalue weighted by Crippen LogP contribution is -2.57. The van der Waals surface area contributed by atoms with Crippen LogP contribution in [0.2, 0.25) is 0 Å². The van der Waals surface area contributed by atoms with Crippen molar-refractivity contribution in [2.24, 2.45) is 11.7 Å². The van der Waals surface area contributed by atoms with Gasteiger partial charge in [0, 0.05) is 6.92 Å². The first-order chi connectivity index (χ1) is 8.16. The summed E-state index contributed by atoms with van der Waals surface area (Å²) < 4.78 is 0. The quantitative estimate of drug-likeness (QED) is 0.463. The number of nitrogens with two attached hydrogens (primary N) is 1. The molecule has 0 aromatic heterocycles. The zero-order valence-corrected chi connectivity index (χ0v) is 11.1. The Kier molecular flexibility index (Phi) is 6.32. The minimum atomic E-state index is -1.11. The van der Waals surface area contributed by atoms with Gasteiger partial charge in [-0.25, -0.2) is 0 Å². The van der Waals surface area contributed by atoms with Crippen LogP contribution in [-0.4, -0.2) is 41.0 Å². The molecule has 0 fully saturated rings. The molecular weight excluding hydrogens is 238 g/mol. The fraction of sp³-hybridized carbons (Fsp3) is 0.727. The van der Waals surface area contributed by atoms with Gasteiger partial charge in [-0.2, -0.15) is 0 Å². The van der Waals surface area contributed by atoms with Crippen molar-refractivity contribution in [1.82, 2.24) is 10.6 Å². The Balaban J connectivity index is 4.77. The lowest BCUT2D eigenvalue weighted by Gasteiger charge is -2.24. The van der Waals surface area contributed by atoms with Crippen molar-refractivity contribution in [3.05, 3.63) is 0 Å². The molecule has 0 saturated heterocycles. The van der Waals surface area contributed by atoms with E-state index in [2.05, 4.69) is 10.6 Å². The van der Waals surface area contributed by atoms with E-state index in [0.29, 0.717) is 0 Å². The molecular formula is C11H21N3O4. The summed E-state index contributed by atoms with van der Waals surface area (Å²) in [6.07, 6.45) is -1.07. The predicted molar refractivity (Wildman–Crippen MR) is 65.2 cm³/mol. The molecule has 0 aromatic rings. The number of hydrogen-bond acceptors (Lipinski definition) is 4. The highest BCUT2D eigenvalue weighted by Gasteiger charge is 2.29. The Morgan fingerprint density at radius 2 is 1.56 bits per heavy atom. The van der Waals surface area contributed by atoms with E-state index in [0.717, 1.165) is 0 Å². The van der Waals surface area contributed by atoms with Crippen LogP contribution in [-0.2, 0) is 14.4 Å². The van der Waals surface area contributed by atoms with E-state index in [-0.39, 0.29) is 5.92 Å². The van der Waals surface area contributed by atoms with Gasteiger partial charge in [0.05, 0.1) is 6.10 Å². The maximum atomic E-state index is 11.8. The van der Waals surface area contributed by atoms with E-state index < -0.39 is 35.9 Å². The summed E-state index contributed by atoms with van der Waals surface area (Å²) in [5, 5.41) is 14.2. The first-order valence-electron chi connectivity index (χ1n) is 5.71. The van der Waals surface area contributed by atoms with Crippen molar-refractivity contribution >= 4 is 17.7 Å². The Morgan fingerprint density at radius 1 is 1.06 bits per heavy atom. The van der Waals surface area contributed by atoms with Crippen LogP contribution in [0, 0.1) is 5.92 Å². The van der Waals surface area contributed by atoms with Gasteiger partial charge in [0.1, 0.15) is 12.1 Å². The molecule has 5 N–H and O–H groups in total. The van der Waals surface area contributed by atoms with Crippen molar-refractivity contribution in [3.8, 4) is 0 Å². The number of carbonyl (C=O) groups is 3. The normalized spacial score (nSPS) is 15.7. The van der Waals surface area contributed by atoms with E-state index >= 15 is 0 Å². The van der Waals surface area contributed by atoms with Crippen molar-refractivity contribution in [3.63, 3.8) is 0 Å². The second kappa shape index (κ2) is 6.95. The van der Waals surface area contributed by atoms with Crippen molar-refractivity contribution < 1.29 is 19.5 Å². The van der Waals surface area contributed by atoms with Gasteiger partial charge in [-0.15, -0.1) is 0 Å². The van der Waals surface area contributed by atoms with Gasteiger partial charge >= 0.3 is 0 Å². The van der Waals surface area contributed by atoms with Crippen LogP contribution < -0.4 is 16.4 Å². The molecule has 3 unspecified atom stereocenters. The molecule has 3 atom stereocenters. The summed E-state index contributed by atoms with van der Waals surface area (Å²) in [6, 6.07) is -1.95. The van der Waals surface area contributed by atoms with Crippen LogP contribution in [0.4, 0.5) is 0 Å². The molecule has 0 spiro atoms. The molecule has 0 aliphatic carbocycles. The maximum Gasteiger partial charge on any atom is 0.245 e. The molecule has 0 aliphatic rings. The molecule has 0 saturated carbocycles. The molecule has 0 radical (unpaired) electrons. The summed E-state index contributed by atoms with van der Waals surface area (Å²) in [6.45, 7) is 6.06. The highest BCUT2D eigenvalue weighted by Crippen LogP contribution is 2.02. The third-order valence-electron chi connectivity index (χ3n) is 2.39. The maximum absolute atomic E-state index is 11.8. The third-order valence-corrected chi connectivity index (χ3v) is 2.39. The zero-order chi connectivity index (χ0) is 14.5. The van der Waals surface area contributed by atoms with Gasteiger partial charge in [0.15, 0.2) is 0 Å². The zero-order valence-electron chi connectivity index (χ0n) is 11.1. The van der Waals surface area contributed by atoms with Gasteiger partial charge in [-0.1, -0.05) is 13.8 Å². The van der Waals surface area contributed by atoms with E-state index in [1.165, 1.54) is 13.8 Å². The second-order valence-electron chi connectivity index (χ2n) is 4.55. The molecule has 3 amide bonds. The Labute approximate surface area is 106 Å². The van der Waals surface area contributed by atoms with Gasteiger partial charge in [0.25, 0.3) is 0 Å². The van der Waals surface area contributed by atoms with Gasteiger partial charge < -0.3 is 21.5 Å². The lowest BCUT2D eigenvalue weighted by molar-refractivity contribution is -0.133. The van der Waals surface area contributed by atoms with Gasteiger partial charge in [-0.05, 0) is 12.8 Å². The Bertz CT molecular complexity index is 328. The van der Waals surface area contributed by atoms with Crippen LogP contribution in [0.5, 0.6) is 0 Å². The van der Waals surface area contributed by atoms with E-state index in [1.807, 2.05) is 0 Å². The van der Waals surface area contributed by atoms with E-state index in [4.69, 9.17) is 5.73 Å². The first kappa shape index (κ1) is 16.4. The molecule has 0 bridgehead atoms. The smallest absolute Gasteiger partial charge is 0.245 e. The minimum Gasteiger partial charge on any atom is -0.391 e. The molecule has 0 aliphatic heterocycles. The van der Waals surface area contributed by atoms with Crippen molar-refractivity contribution in [1.29, 1.82) is 0 Å². The molecule has 0 aromatic carbocycles. The predicted octanol–water partition coefficient (Wildman–Crippen LogP) is -1.50. The number of aliphatic hydroxyl groups is 1. The highest BCUT2D eigenvalue weighted by atomic mass is 16.3. The second-order valence-corrected chi connectivity index (χ2v) is 4.55. The summed E-state index contributed by atoms with van der Waals surface area (Å²) in [5.41, 5.74) is 5.16. The third kappa shape index (κ3) is 5.13.